The van der Waals surface area contributed by atoms with E-state index in [9.17, 15) is 29.3 Å². The number of allylic oxidation sites excluding steroid dienone is 2. The number of carbonyl (C=O) groups is 4. The van der Waals surface area contributed by atoms with Gasteiger partial charge in [0.25, 0.3) is 5.69 Å². The van der Waals surface area contributed by atoms with Crippen molar-refractivity contribution in [1.29, 1.82) is 0 Å². The van der Waals surface area contributed by atoms with E-state index in [-0.39, 0.29) is 29.1 Å². The monoisotopic (exact) mass is 506 g/mol. The van der Waals surface area contributed by atoms with Crippen molar-refractivity contribution < 1.29 is 47.8 Å². The predicted molar refractivity (Wildman–Crippen MR) is 120 cm³/mol. The SMILES string of the molecule is COCN1C(C)=C(C(=O)OCOC(C)=O)C(c2cccc([N+](=O)[O-])c2)C(C(=O)OCOC(C)=O)=C1C. The van der Waals surface area contributed by atoms with Crippen molar-refractivity contribution >= 4 is 29.6 Å². The molecule has 1 aromatic carbocycles. The number of nitro benzene ring substituents is 1. The molecule has 0 spiro atoms. The average Bonchev–Trinajstić information content (AvgIpc) is 2.80. The van der Waals surface area contributed by atoms with Crippen molar-refractivity contribution in [2.45, 2.75) is 33.6 Å². The molecular weight excluding hydrogens is 480 g/mol. The molecule has 0 amide bonds. The first-order valence-electron chi connectivity index (χ1n) is 10.5. The lowest BCUT2D eigenvalue weighted by atomic mass is 9.79. The fourth-order valence-corrected chi connectivity index (χ4v) is 3.60. The Labute approximate surface area is 206 Å². The standard InChI is InChI=1S/C23H26N2O11/c1-13-19(22(28)35-11-33-15(3)26)21(17-7-6-8-18(9-17)25(30)31)20(14(2)24(13)10-32-5)23(29)36-12-34-16(4)27/h6-9,21H,10-12H2,1-5H3. The van der Waals surface area contributed by atoms with Crippen molar-refractivity contribution in [2.75, 3.05) is 27.4 Å². The van der Waals surface area contributed by atoms with Crippen molar-refractivity contribution in [3.8, 4) is 0 Å². The molecule has 0 aromatic heterocycles. The summed E-state index contributed by atoms with van der Waals surface area (Å²) in [6, 6.07) is 5.39. The molecule has 2 rings (SSSR count). The summed E-state index contributed by atoms with van der Waals surface area (Å²) in [5.74, 6) is -4.42. The fourth-order valence-electron chi connectivity index (χ4n) is 3.60. The van der Waals surface area contributed by atoms with Crippen LogP contribution in [-0.4, -0.2) is 61.1 Å². The molecule has 36 heavy (non-hydrogen) atoms. The number of nitro groups is 1. The Morgan fingerprint density at radius 1 is 0.917 bits per heavy atom. The van der Waals surface area contributed by atoms with E-state index in [4.69, 9.17) is 23.7 Å². The van der Waals surface area contributed by atoms with Crippen molar-refractivity contribution in [3.63, 3.8) is 0 Å². The van der Waals surface area contributed by atoms with Crippen LogP contribution in [0, 0.1) is 10.1 Å². The third-order valence-corrected chi connectivity index (χ3v) is 5.18. The van der Waals surface area contributed by atoms with Crippen LogP contribution in [0.4, 0.5) is 5.69 Å². The first-order valence-corrected chi connectivity index (χ1v) is 10.5. The predicted octanol–water partition coefficient (Wildman–Crippen LogP) is 2.27. The quantitative estimate of drug-likeness (QED) is 0.197. The smallest absolute Gasteiger partial charge is 0.339 e. The second kappa shape index (κ2) is 12.4. The Kier molecular flexibility index (Phi) is 9.67. The summed E-state index contributed by atoms with van der Waals surface area (Å²) >= 11 is 0. The fraction of sp³-hybridized carbons (Fsp3) is 0.391. The third-order valence-electron chi connectivity index (χ3n) is 5.18. The Morgan fingerprint density at radius 2 is 1.42 bits per heavy atom. The second-order valence-electron chi connectivity index (χ2n) is 7.50. The summed E-state index contributed by atoms with van der Waals surface area (Å²) in [5.41, 5.74) is 0.473. The van der Waals surface area contributed by atoms with E-state index in [0.29, 0.717) is 11.4 Å². The van der Waals surface area contributed by atoms with E-state index >= 15 is 0 Å². The molecule has 0 bridgehead atoms. The highest BCUT2D eigenvalue weighted by Gasteiger charge is 2.41. The van der Waals surface area contributed by atoms with Crippen LogP contribution in [0.2, 0.25) is 0 Å². The molecule has 0 saturated heterocycles. The van der Waals surface area contributed by atoms with Gasteiger partial charge < -0.3 is 28.6 Å². The minimum absolute atomic E-state index is 0.0651. The van der Waals surface area contributed by atoms with Gasteiger partial charge in [0.1, 0.15) is 6.73 Å². The van der Waals surface area contributed by atoms with Gasteiger partial charge in [0.05, 0.1) is 22.0 Å². The van der Waals surface area contributed by atoms with Gasteiger partial charge in [0.2, 0.25) is 13.6 Å². The van der Waals surface area contributed by atoms with Crippen molar-refractivity contribution in [3.05, 3.63) is 62.5 Å². The van der Waals surface area contributed by atoms with Crippen molar-refractivity contribution in [1.82, 2.24) is 4.90 Å². The molecule has 1 aliphatic heterocycles. The van der Waals surface area contributed by atoms with E-state index in [0.717, 1.165) is 13.8 Å². The van der Waals surface area contributed by atoms with Crippen LogP contribution in [0.3, 0.4) is 0 Å². The van der Waals surface area contributed by atoms with Gasteiger partial charge in [-0.1, -0.05) is 12.1 Å². The number of esters is 4. The minimum atomic E-state index is -1.17. The summed E-state index contributed by atoms with van der Waals surface area (Å²) < 4.78 is 24.8. The lowest BCUT2D eigenvalue weighted by Gasteiger charge is -2.37. The van der Waals surface area contributed by atoms with Crippen LogP contribution in [0.5, 0.6) is 0 Å². The molecule has 13 heteroatoms. The van der Waals surface area contributed by atoms with Gasteiger partial charge in [0, 0.05) is 44.5 Å². The van der Waals surface area contributed by atoms with Gasteiger partial charge in [-0.15, -0.1) is 0 Å². The number of hydrogen-bond acceptors (Lipinski definition) is 12. The number of rotatable bonds is 10. The van der Waals surface area contributed by atoms with Gasteiger partial charge in [-0.25, -0.2) is 9.59 Å². The molecule has 0 saturated carbocycles. The zero-order valence-corrected chi connectivity index (χ0v) is 20.4. The van der Waals surface area contributed by atoms with Crippen LogP contribution in [0.25, 0.3) is 0 Å². The summed E-state index contributed by atoms with van der Waals surface area (Å²) in [7, 11) is 1.41. The van der Waals surface area contributed by atoms with Crippen LogP contribution in [0.15, 0.2) is 46.8 Å². The minimum Gasteiger partial charge on any atom is -0.428 e. The summed E-state index contributed by atoms with van der Waals surface area (Å²) in [5, 5.41) is 11.4. The summed E-state index contributed by atoms with van der Waals surface area (Å²) in [6.07, 6.45) is 0. The number of ether oxygens (including phenoxy) is 5. The second-order valence-corrected chi connectivity index (χ2v) is 7.50. The Bertz CT molecular complexity index is 1070. The van der Waals surface area contributed by atoms with Crippen molar-refractivity contribution in [2.24, 2.45) is 0 Å². The summed E-state index contributed by atoms with van der Waals surface area (Å²) in [6.45, 7) is 3.98. The van der Waals surface area contributed by atoms with Crippen LogP contribution in [0.1, 0.15) is 39.2 Å². The topological polar surface area (TPSA) is 161 Å². The first-order chi connectivity index (χ1) is 17.0. The molecule has 0 radical (unpaired) electrons. The highest BCUT2D eigenvalue weighted by atomic mass is 16.7. The lowest BCUT2D eigenvalue weighted by Crippen LogP contribution is -2.36. The highest BCUT2D eigenvalue weighted by Crippen LogP contribution is 2.43. The zero-order valence-electron chi connectivity index (χ0n) is 20.4. The molecule has 0 unspecified atom stereocenters. The Hall–Kier alpha value is -4.26. The normalized spacial score (nSPS) is 13.9. The average molecular weight is 506 g/mol. The van der Waals surface area contributed by atoms with Gasteiger partial charge >= 0.3 is 23.9 Å². The number of nitrogens with zero attached hydrogens (tertiary/aromatic N) is 2. The number of methoxy groups -OCH3 is 1. The molecule has 13 nitrogen and oxygen atoms in total. The Balaban J connectivity index is 2.68. The number of hydrogen-bond donors (Lipinski definition) is 0. The number of carbonyl (C=O) groups excluding carboxylic acids is 4. The van der Waals surface area contributed by atoms with Gasteiger partial charge in [-0.05, 0) is 19.4 Å². The van der Waals surface area contributed by atoms with Gasteiger partial charge in [-0.2, -0.15) is 0 Å². The van der Waals surface area contributed by atoms with Gasteiger partial charge in [-0.3, -0.25) is 19.7 Å². The molecule has 0 fully saturated rings. The Morgan fingerprint density at radius 3 is 1.83 bits per heavy atom. The molecule has 1 heterocycles. The lowest BCUT2D eigenvalue weighted by molar-refractivity contribution is -0.384. The molecule has 1 aromatic rings. The largest absolute Gasteiger partial charge is 0.428 e. The molecule has 1 aliphatic rings. The van der Waals surface area contributed by atoms with E-state index in [1.807, 2.05) is 0 Å². The van der Waals surface area contributed by atoms with E-state index in [1.54, 1.807) is 13.8 Å². The molecular formula is C23H26N2O11. The molecule has 0 atom stereocenters. The molecule has 194 valence electrons. The maximum atomic E-state index is 13.2. The van der Waals surface area contributed by atoms with Crippen LogP contribution < -0.4 is 0 Å². The van der Waals surface area contributed by atoms with Gasteiger partial charge in [0.15, 0.2) is 0 Å². The zero-order chi connectivity index (χ0) is 27.0. The van der Waals surface area contributed by atoms with E-state index < -0.39 is 48.3 Å². The summed E-state index contributed by atoms with van der Waals surface area (Å²) in [4.78, 5) is 60.9. The highest BCUT2D eigenvalue weighted by molar-refractivity contribution is 6.00. The van der Waals surface area contributed by atoms with E-state index in [1.165, 1.54) is 36.3 Å². The third kappa shape index (κ3) is 6.66. The van der Waals surface area contributed by atoms with E-state index in [2.05, 4.69) is 0 Å². The molecule has 0 aliphatic carbocycles. The maximum Gasteiger partial charge on any atom is 0.339 e. The van der Waals surface area contributed by atoms with Crippen LogP contribution in [-0.2, 0) is 42.9 Å². The van der Waals surface area contributed by atoms with Crippen LogP contribution >= 0.6 is 0 Å². The number of benzene rings is 1. The number of non-ortho nitro benzene ring substituents is 1. The molecule has 0 N–H and O–H groups in total. The maximum absolute atomic E-state index is 13.2. The first kappa shape index (κ1) is 28.0.